The lowest BCUT2D eigenvalue weighted by Crippen LogP contribution is -2.22. The molecule has 0 aromatic carbocycles. The van der Waals surface area contributed by atoms with Crippen LogP contribution in [0.4, 0.5) is 10.2 Å². The van der Waals surface area contributed by atoms with Gasteiger partial charge in [0.2, 0.25) is 5.95 Å². The van der Waals surface area contributed by atoms with E-state index in [9.17, 15) is 4.39 Å². The van der Waals surface area contributed by atoms with Crippen LogP contribution in [0.15, 0.2) is 29.9 Å². The Balaban J connectivity index is 2.22. The molecule has 84 valence electrons. The largest absolute Gasteiger partial charge is 0.352 e. The van der Waals surface area contributed by atoms with Crippen molar-refractivity contribution in [2.24, 2.45) is 0 Å². The lowest BCUT2D eigenvalue weighted by molar-refractivity contribution is 0.577. The highest BCUT2D eigenvalue weighted by Crippen LogP contribution is 2.26. The van der Waals surface area contributed by atoms with E-state index in [1.165, 1.54) is 17.3 Å². The zero-order valence-electron chi connectivity index (χ0n) is 9.09. The highest BCUT2D eigenvalue weighted by Gasteiger charge is 2.14. The highest BCUT2D eigenvalue weighted by atomic mass is 32.1. The zero-order valence-corrected chi connectivity index (χ0v) is 9.91. The molecule has 0 radical (unpaired) electrons. The van der Waals surface area contributed by atoms with E-state index < -0.39 is 5.95 Å². The van der Waals surface area contributed by atoms with Crippen LogP contribution in [-0.2, 0) is 0 Å². The van der Waals surface area contributed by atoms with E-state index in [4.69, 9.17) is 0 Å². The molecule has 0 aliphatic rings. The summed E-state index contributed by atoms with van der Waals surface area (Å²) in [5.41, 5.74) is 0. The lowest BCUT2D eigenvalue weighted by atomic mass is 10.2. The first-order chi connectivity index (χ1) is 7.68. The minimum atomic E-state index is -0.504. The van der Waals surface area contributed by atoms with Crippen LogP contribution in [-0.4, -0.2) is 17.0 Å². The summed E-state index contributed by atoms with van der Waals surface area (Å²) in [4.78, 5) is 10.6. The van der Waals surface area contributed by atoms with Crippen LogP contribution in [0.25, 0.3) is 0 Å². The Morgan fingerprint density at radius 1 is 1.44 bits per heavy atom. The van der Waals surface area contributed by atoms with E-state index in [1.54, 1.807) is 11.3 Å². The summed E-state index contributed by atoms with van der Waals surface area (Å²) in [7, 11) is 1.90. The number of thiophene rings is 1. The van der Waals surface area contributed by atoms with Crippen molar-refractivity contribution in [3.63, 3.8) is 0 Å². The number of nitrogens with zero attached hydrogens (tertiary/aromatic N) is 3. The second-order valence-corrected chi connectivity index (χ2v) is 4.48. The van der Waals surface area contributed by atoms with E-state index in [1.807, 2.05) is 23.4 Å². The van der Waals surface area contributed by atoms with Crippen molar-refractivity contribution in [3.05, 3.63) is 40.7 Å². The van der Waals surface area contributed by atoms with Crippen LogP contribution in [0.1, 0.15) is 17.8 Å². The number of aromatic nitrogens is 2. The molecular formula is C11H12FN3S. The topological polar surface area (TPSA) is 29.0 Å². The fourth-order valence-electron chi connectivity index (χ4n) is 1.44. The molecule has 1 unspecified atom stereocenters. The first-order valence-electron chi connectivity index (χ1n) is 4.92. The quantitative estimate of drug-likeness (QED) is 0.769. The maximum absolute atomic E-state index is 13.0. The van der Waals surface area contributed by atoms with Gasteiger partial charge in [-0.2, -0.15) is 4.39 Å². The van der Waals surface area contributed by atoms with E-state index in [2.05, 4.69) is 23.0 Å². The Kier molecular flexibility index (Phi) is 3.14. The summed E-state index contributed by atoms with van der Waals surface area (Å²) in [6.07, 6.45) is 1.24. The van der Waals surface area contributed by atoms with Crippen molar-refractivity contribution in [2.45, 2.75) is 13.0 Å². The molecule has 2 rings (SSSR count). The molecule has 2 heterocycles. The number of hydrogen-bond donors (Lipinski definition) is 0. The molecule has 0 N–H and O–H groups in total. The molecule has 2 aromatic heterocycles. The van der Waals surface area contributed by atoms with Crippen molar-refractivity contribution in [2.75, 3.05) is 11.9 Å². The Morgan fingerprint density at radius 2 is 2.25 bits per heavy atom. The van der Waals surface area contributed by atoms with Crippen LogP contribution >= 0.6 is 11.3 Å². The van der Waals surface area contributed by atoms with Gasteiger partial charge in [-0.15, -0.1) is 11.3 Å². The third kappa shape index (κ3) is 2.19. The van der Waals surface area contributed by atoms with Crippen molar-refractivity contribution >= 4 is 17.2 Å². The van der Waals surface area contributed by atoms with Gasteiger partial charge in [0, 0.05) is 18.0 Å². The maximum Gasteiger partial charge on any atom is 0.218 e. The van der Waals surface area contributed by atoms with Crippen LogP contribution in [0, 0.1) is 5.95 Å². The Labute approximate surface area is 97.6 Å². The van der Waals surface area contributed by atoms with Crippen LogP contribution < -0.4 is 4.90 Å². The molecule has 0 saturated carbocycles. The standard InChI is InChI=1S/C11H12FN3S/c1-8(9-4-3-5-16-9)15(2)11-6-10(12)13-7-14-11/h3-8H,1-2H3. The van der Waals surface area contributed by atoms with Gasteiger partial charge in [0.15, 0.2) is 0 Å². The number of rotatable bonds is 3. The smallest absolute Gasteiger partial charge is 0.218 e. The second-order valence-electron chi connectivity index (χ2n) is 3.50. The van der Waals surface area contributed by atoms with Gasteiger partial charge in [0.25, 0.3) is 0 Å². The van der Waals surface area contributed by atoms with E-state index >= 15 is 0 Å². The number of hydrogen-bond acceptors (Lipinski definition) is 4. The maximum atomic E-state index is 13.0. The molecule has 0 aliphatic heterocycles. The van der Waals surface area contributed by atoms with Gasteiger partial charge in [-0.25, -0.2) is 9.97 Å². The molecule has 16 heavy (non-hydrogen) atoms. The van der Waals surface area contributed by atoms with Crippen LogP contribution in [0.2, 0.25) is 0 Å². The summed E-state index contributed by atoms with van der Waals surface area (Å²) < 4.78 is 13.0. The van der Waals surface area contributed by atoms with E-state index in [-0.39, 0.29) is 6.04 Å². The lowest BCUT2D eigenvalue weighted by Gasteiger charge is -2.24. The average molecular weight is 237 g/mol. The predicted octanol–water partition coefficient (Wildman–Crippen LogP) is 2.87. The first-order valence-corrected chi connectivity index (χ1v) is 5.80. The van der Waals surface area contributed by atoms with Crippen LogP contribution in [0.3, 0.4) is 0 Å². The molecule has 3 nitrogen and oxygen atoms in total. The minimum Gasteiger partial charge on any atom is -0.352 e. The van der Waals surface area contributed by atoms with Crippen LogP contribution in [0.5, 0.6) is 0 Å². The number of halogens is 1. The van der Waals surface area contributed by atoms with Gasteiger partial charge in [-0.3, -0.25) is 0 Å². The Hall–Kier alpha value is -1.49. The molecule has 0 aliphatic carbocycles. The molecule has 0 saturated heterocycles. The fourth-order valence-corrected chi connectivity index (χ4v) is 2.26. The molecule has 1 atom stereocenters. The summed E-state index contributed by atoms with van der Waals surface area (Å²) in [5.74, 6) is 0.0867. The summed E-state index contributed by atoms with van der Waals surface area (Å²) in [5, 5.41) is 2.03. The zero-order chi connectivity index (χ0) is 11.5. The van der Waals surface area contributed by atoms with Crippen molar-refractivity contribution < 1.29 is 4.39 Å². The van der Waals surface area contributed by atoms with E-state index in [0.717, 1.165) is 0 Å². The number of anilines is 1. The molecule has 0 bridgehead atoms. The highest BCUT2D eigenvalue weighted by molar-refractivity contribution is 7.10. The van der Waals surface area contributed by atoms with Gasteiger partial charge in [0.1, 0.15) is 12.1 Å². The normalized spacial score (nSPS) is 12.4. The fraction of sp³-hybridized carbons (Fsp3) is 0.273. The van der Waals surface area contributed by atoms with Gasteiger partial charge >= 0.3 is 0 Å². The average Bonchev–Trinajstić information content (AvgIpc) is 2.80. The molecule has 0 spiro atoms. The summed E-state index contributed by atoms with van der Waals surface area (Å²) in [6, 6.07) is 5.58. The molecule has 0 amide bonds. The monoisotopic (exact) mass is 237 g/mol. The van der Waals surface area contributed by atoms with Gasteiger partial charge in [-0.05, 0) is 18.4 Å². The molecule has 2 aromatic rings. The first kappa shape index (κ1) is 11.0. The van der Waals surface area contributed by atoms with Crippen molar-refractivity contribution in [1.29, 1.82) is 0 Å². The Bertz CT molecular complexity index is 458. The third-order valence-electron chi connectivity index (χ3n) is 2.52. The SMILES string of the molecule is CC(c1cccs1)N(C)c1cc(F)ncn1. The van der Waals surface area contributed by atoms with Gasteiger partial charge < -0.3 is 4.90 Å². The Morgan fingerprint density at radius 3 is 2.88 bits per heavy atom. The molecule has 0 fully saturated rings. The summed E-state index contributed by atoms with van der Waals surface area (Å²) >= 11 is 1.68. The van der Waals surface area contributed by atoms with Crippen molar-refractivity contribution in [3.8, 4) is 0 Å². The molecular weight excluding hydrogens is 225 g/mol. The van der Waals surface area contributed by atoms with Gasteiger partial charge in [0.05, 0.1) is 6.04 Å². The summed E-state index contributed by atoms with van der Waals surface area (Å²) in [6.45, 7) is 2.06. The third-order valence-corrected chi connectivity index (χ3v) is 3.56. The van der Waals surface area contributed by atoms with Crippen molar-refractivity contribution in [1.82, 2.24) is 9.97 Å². The second kappa shape index (κ2) is 4.57. The van der Waals surface area contributed by atoms with Gasteiger partial charge in [-0.1, -0.05) is 6.07 Å². The molecule has 5 heteroatoms. The minimum absolute atomic E-state index is 0.175. The van der Waals surface area contributed by atoms with E-state index in [0.29, 0.717) is 5.82 Å². The predicted molar refractivity (Wildman–Crippen MR) is 63.1 cm³/mol.